The highest BCUT2D eigenvalue weighted by atomic mass is 14.5. The molecule has 0 N–H and O–H groups in total. The van der Waals surface area contributed by atoms with Crippen molar-refractivity contribution in [3.8, 4) is 22.3 Å². The van der Waals surface area contributed by atoms with Gasteiger partial charge in [-0.25, -0.2) is 0 Å². The summed E-state index contributed by atoms with van der Waals surface area (Å²) < 4.78 is 0. The van der Waals surface area contributed by atoms with E-state index in [1.165, 1.54) is 50.1 Å². The normalized spacial score (nSPS) is 13.4. The first kappa shape index (κ1) is 18.8. The molecule has 0 aliphatic heterocycles. The molecule has 1 aliphatic carbocycles. The molecule has 1 aliphatic rings. The Bertz CT molecular complexity index is 1360. The van der Waals surface area contributed by atoms with Gasteiger partial charge in [-0.05, 0) is 63.1 Å². The summed E-state index contributed by atoms with van der Waals surface area (Å²) in [4.78, 5) is 0. The van der Waals surface area contributed by atoms with E-state index in [0.29, 0.717) is 0 Å². The predicted molar refractivity (Wildman–Crippen MR) is 134 cm³/mol. The van der Waals surface area contributed by atoms with Crippen molar-refractivity contribution in [1.82, 2.24) is 0 Å². The number of hydrogen-bond donors (Lipinski definition) is 0. The van der Waals surface area contributed by atoms with Gasteiger partial charge in [0.2, 0.25) is 0 Å². The van der Waals surface area contributed by atoms with Gasteiger partial charge in [-0.15, -0.1) is 0 Å². The van der Waals surface area contributed by atoms with Crippen LogP contribution in [0.3, 0.4) is 0 Å². The number of benzene rings is 5. The molecule has 32 heavy (non-hydrogen) atoms. The standard InChI is InChI=1S/C32H24/c1-23-12-11-19-28-29-22-25(24-13-5-2-6-14-24)20-21-30(29)32(31(23)28,26-15-7-3-8-16-26)27-17-9-4-10-18-27/h2-22H,1H3. The van der Waals surface area contributed by atoms with Gasteiger partial charge in [-0.3, -0.25) is 0 Å². The van der Waals surface area contributed by atoms with Crippen LogP contribution < -0.4 is 0 Å². The zero-order valence-corrected chi connectivity index (χ0v) is 18.1. The number of rotatable bonds is 3. The Morgan fingerprint density at radius 2 is 1.06 bits per heavy atom. The van der Waals surface area contributed by atoms with Crippen LogP contribution in [0.15, 0.2) is 127 Å². The first-order valence-corrected chi connectivity index (χ1v) is 11.2. The molecule has 6 rings (SSSR count). The summed E-state index contributed by atoms with van der Waals surface area (Å²) in [5.74, 6) is 0. The first-order valence-electron chi connectivity index (χ1n) is 11.2. The summed E-state index contributed by atoms with van der Waals surface area (Å²) in [6.45, 7) is 2.25. The second kappa shape index (κ2) is 7.35. The molecule has 0 radical (unpaired) electrons. The Labute approximate surface area is 189 Å². The average molecular weight is 409 g/mol. The van der Waals surface area contributed by atoms with Gasteiger partial charge in [0, 0.05) is 0 Å². The van der Waals surface area contributed by atoms with Gasteiger partial charge in [0.15, 0.2) is 0 Å². The maximum absolute atomic E-state index is 2.39. The minimum absolute atomic E-state index is 0.326. The molecule has 0 spiro atoms. The van der Waals surface area contributed by atoms with Crippen LogP contribution in [0, 0.1) is 6.92 Å². The molecule has 0 bridgehead atoms. The molecular formula is C32H24. The fourth-order valence-corrected chi connectivity index (χ4v) is 5.57. The lowest BCUT2D eigenvalue weighted by atomic mass is 9.66. The van der Waals surface area contributed by atoms with Crippen LogP contribution in [0.1, 0.15) is 27.8 Å². The van der Waals surface area contributed by atoms with Gasteiger partial charge < -0.3 is 0 Å². The molecule has 0 heterocycles. The third-order valence-electron chi connectivity index (χ3n) is 6.88. The third-order valence-corrected chi connectivity index (χ3v) is 6.88. The van der Waals surface area contributed by atoms with E-state index < -0.39 is 0 Å². The fourth-order valence-electron chi connectivity index (χ4n) is 5.57. The molecule has 0 amide bonds. The van der Waals surface area contributed by atoms with Crippen LogP contribution in [0.2, 0.25) is 0 Å². The molecule has 152 valence electrons. The SMILES string of the molecule is Cc1cccc2c1C(c1ccccc1)(c1ccccc1)c1ccc(-c3ccccc3)cc1-2. The molecule has 0 saturated carbocycles. The summed E-state index contributed by atoms with van der Waals surface area (Å²) in [5.41, 5.74) is 11.6. The lowest BCUT2D eigenvalue weighted by Crippen LogP contribution is -2.29. The smallest absolute Gasteiger partial charge is 0.0622 e. The van der Waals surface area contributed by atoms with Gasteiger partial charge >= 0.3 is 0 Å². The molecule has 5 aromatic rings. The second-order valence-corrected chi connectivity index (χ2v) is 8.61. The molecule has 0 saturated heterocycles. The van der Waals surface area contributed by atoms with Crippen LogP contribution in [-0.4, -0.2) is 0 Å². The monoisotopic (exact) mass is 408 g/mol. The Kier molecular flexibility index (Phi) is 4.33. The number of fused-ring (bicyclic) bond motifs is 3. The van der Waals surface area contributed by atoms with E-state index in [1.54, 1.807) is 0 Å². The second-order valence-electron chi connectivity index (χ2n) is 8.61. The molecule has 0 atom stereocenters. The van der Waals surface area contributed by atoms with Crippen molar-refractivity contribution < 1.29 is 0 Å². The van der Waals surface area contributed by atoms with Gasteiger partial charge in [0.05, 0.1) is 5.41 Å². The van der Waals surface area contributed by atoms with E-state index in [4.69, 9.17) is 0 Å². The molecule has 0 nitrogen and oxygen atoms in total. The number of aryl methyl sites for hydroxylation is 1. The molecule has 0 heteroatoms. The Morgan fingerprint density at radius 3 is 1.69 bits per heavy atom. The summed E-state index contributed by atoms with van der Waals surface area (Å²) in [5, 5.41) is 0. The van der Waals surface area contributed by atoms with Crippen molar-refractivity contribution in [2.75, 3.05) is 0 Å². The lowest BCUT2D eigenvalue weighted by Gasteiger charge is -2.35. The number of hydrogen-bond acceptors (Lipinski definition) is 0. The highest BCUT2D eigenvalue weighted by Gasteiger charge is 2.46. The van der Waals surface area contributed by atoms with E-state index >= 15 is 0 Å². The van der Waals surface area contributed by atoms with Crippen molar-refractivity contribution in [3.63, 3.8) is 0 Å². The zero-order chi connectivity index (χ0) is 21.5. The maximum Gasteiger partial charge on any atom is 0.0716 e. The van der Waals surface area contributed by atoms with Crippen LogP contribution in [-0.2, 0) is 5.41 Å². The maximum atomic E-state index is 2.39. The lowest BCUT2D eigenvalue weighted by molar-refractivity contribution is 0.762. The van der Waals surface area contributed by atoms with E-state index in [0.717, 1.165) is 0 Å². The van der Waals surface area contributed by atoms with E-state index in [9.17, 15) is 0 Å². The largest absolute Gasteiger partial charge is 0.0716 e. The molecule has 0 unspecified atom stereocenters. The third kappa shape index (κ3) is 2.63. The van der Waals surface area contributed by atoms with E-state index in [-0.39, 0.29) is 5.41 Å². The van der Waals surface area contributed by atoms with Crippen LogP contribution in [0.5, 0.6) is 0 Å². The summed E-state index contributed by atoms with van der Waals surface area (Å²) in [6.07, 6.45) is 0. The predicted octanol–water partition coefficient (Wildman–Crippen LogP) is 8.03. The topological polar surface area (TPSA) is 0 Å². The van der Waals surface area contributed by atoms with Crippen LogP contribution >= 0.6 is 0 Å². The van der Waals surface area contributed by atoms with Gasteiger partial charge in [0.25, 0.3) is 0 Å². The minimum atomic E-state index is -0.326. The Hall–Kier alpha value is -3.90. The minimum Gasteiger partial charge on any atom is -0.0622 e. The van der Waals surface area contributed by atoms with Crippen molar-refractivity contribution in [2.45, 2.75) is 12.3 Å². The van der Waals surface area contributed by atoms with E-state index in [2.05, 4.69) is 134 Å². The zero-order valence-electron chi connectivity index (χ0n) is 18.1. The van der Waals surface area contributed by atoms with Gasteiger partial charge in [-0.1, -0.05) is 121 Å². The summed E-state index contributed by atoms with van der Waals surface area (Å²) in [6, 6.07) is 46.4. The van der Waals surface area contributed by atoms with E-state index in [1.807, 2.05) is 0 Å². The fraction of sp³-hybridized carbons (Fsp3) is 0.0625. The van der Waals surface area contributed by atoms with Crippen LogP contribution in [0.4, 0.5) is 0 Å². The average Bonchev–Trinajstić information content (AvgIpc) is 3.17. The quantitative estimate of drug-likeness (QED) is 0.278. The molecule has 0 fully saturated rings. The highest BCUT2D eigenvalue weighted by Crippen LogP contribution is 2.57. The summed E-state index contributed by atoms with van der Waals surface area (Å²) in [7, 11) is 0. The van der Waals surface area contributed by atoms with Gasteiger partial charge in [-0.2, -0.15) is 0 Å². The summed E-state index contributed by atoms with van der Waals surface area (Å²) >= 11 is 0. The van der Waals surface area contributed by atoms with Gasteiger partial charge in [0.1, 0.15) is 0 Å². The van der Waals surface area contributed by atoms with Crippen molar-refractivity contribution >= 4 is 0 Å². The highest BCUT2D eigenvalue weighted by molar-refractivity contribution is 5.89. The van der Waals surface area contributed by atoms with Crippen molar-refractivity contribution in [1.29, 1.82) is 0 Å². The Balaban J connectivity index is 1.74. The molecular weight excluding hydrogens is 384 g/mol. The van der Waals surface area contributed by atoms with Crippen molar-refractivity contribution in [3.05, 3.63) is 155 Å². The molecule has 5 aromatic carbocycles. The Morgan fingerprint density at radius 1 is 0.469 bits per heavy atom. The first-order chi connectivity index (χ1) is 15.8. The van der Waals surface area contributed by atoms with Crippen molar-refractivity contribution in [2.24, 2.45) is 0 Å². The van der Waals surface area contributed by atoms with Crippen LogP contribution in [0.25, 0.3) is 22.3 Å². The molecule has 0 aromatic heterocycles.